The molecule has 3 aromatic rings. The summed E-state index contributed by atoms with van der Waals surface area (Å²) in [7, 11) is 0. The molecule has 0 unspecified atom stereocenters. The molecule has 9 nitrogen and oxygen atoms in total. The number of aryl methyl sites for hydroxylation is 1. The number of halogens is 4. The Bertz CT molecular complexity index is 1160. The molecule has 3 rings (SSSR count). The lowest BCUT2D eigenvalue weighted by atomic mass is 10.2. The first-order valence-electron chi connectivity index (χ1n) is 8.85. The molecule has 0 aliphatic heterocycles. The quantitative estimate of drug-likeness (QED) is 0.426. The van der Waals surface area contributed by atoms with Gasteiger partial charge in [-0.25, -0.2) is 13.2 Å². The third kappa shape index (κ3) is 4.85. The van der Waals surface area contributed by atoms with Crippen LogP contribution in [0.15, 0.2) is 24.3 Å². The van der Waals surface area contributed by atoms with E-state index in [-0.39, 0.29) is 23.1 Å². The van der Waals surface area contributed by atoms with Crippen molar-refractivity contribution in [2.24, 2.45) is 0 Å². The first-order chi connectivity index (χ1) is 14.6. The van der Waals surface area contributed by atoms with Crippen molar-refractivity contribution in [2.45, 2.75) is 33.4 Å². The molecule has 0 saturated carbocycles. The minimum Gasteiger partial charge on any atom is -0.308 e. The van der Waals surface area contributed by atoms with Crippen molar-refractivity contribution >= 4 is 29.0 Å². The Hall–Kier alpha value is -3.41. The average molecular weight is 457 g/mol. The largest absolute Gasteiger partial charge is 0.319 e. The van der Waals surface area contributed by atoms with E-state index in [1.165, 1.54) is 29.8 Å². The van der Waals surface area contributed by atoms with E-state index in [2.05, 4.69) is 15.5 Å². The van der Waals surface area contributed by atoms with Crippen molar-refractivity contribution in [1.82, 2.24) is 19.6 Å². The predicted molar refractivity (Wildman–Crippen MR) is 105 cm³/mol. The summed E-state index contributed by atoms with van der Waals surface area (Å²) in [5.74, 6) is -0.956. The normalized spacial score (nSPS) is 11.2. The summed E-state index contributed by atoms with van der Waals surface area (Å²) in [6, 6.07) is 5.53. The van der Waals surface area contributed by atoms with Crippen LogP contribution in [0.25, 0.3) is 0 Å². The number of amides is 1. The lowest BCUT2D eigenvalue weighted by Crippen LogP contribution is -2.21. The summed E-state index contributed by atoms with van der Waals surface area (Å²) in [6.45, 7) is 2.67. The summed E-state index contributed by atoms with van der Waals surface area (Å²) in [6.07, 6.45) is -3.15. The fourth-order valence-electron chi connectivity index (χ4n) is 2.95. The van der Waals surface area contributed by atoms with Gasteiger partial charge in [0, 0.05) is 16.8 Å². The minimum absolute atomic E-state index is 0.164. The van der Waals surface area contributed by atoms with Crippen molar-refractivity contribution in [3.63, 3.8) is 0 Å². The van der Waals surface area contributed by atoms with Gasteiger partial charge in [-0.15, -0.1) is 0 Å². The van der Waals surface area contributed by atoms with Crippen molar-refractivity contribution in [3.8, 4) is 0 Å². The van der Waals surface area contributed by atoms with Crippen LogP contribution >= 0.6 is 11.6 Å². The van der Waals surface area contributed by atoms with Crippen molar-refractivity contribution in [2.75, 3.05) is 5.32 Å². The molecule has 1 aromatic carbocycles. The van der Waals surface area contributed by atoms with Gasteiger partial charge in [-0.3, -0.25) is 24.3 Å². The molecule has 2 aromatic heterocycles. The smallest absolute Gasteiger partial charge is 0.308 e. The zero-order valence-corrected chi connectivity index (χ0v) is 17.0. The minimum atomic E-state index is -3.15. The van der Waals surface area contributed by atoms with Crippen LogP contribution in [0.2, 0.25) is 5.02 Å². The molecule has 0 radical (unpaired) electrons. The molecular weight excluding hydrogens is 441 g/mol. The van der Waals surface area contributed by atoms with Crippen LogP contribution in [0, 0.1) is 29.8 Å². The number of benzene rings is 1. The number of hydrogen-bond acceptors (Lipinski definition) is 5. The SMILES string of the molecule is Cc1cc(NC(=O)Cn2nc(C(F)F)c([N+](=O)[O-])c2C)nn1Cc1ccc(F)cc1Cl. The second-order valence-electron chi connectivity index (χ2n) is 6.65. The van der Waals surface area contributed by atoms with Crippen molar-refractivity contribution in [1.29, 1.82) is 0 Å². The van der Waals surface area contributed by atoms with Crippen LogP contribution in [0.3, 0.4) is 0 Å². The number of aromatic nitrogens is 4. The van der Waals surface area contributed by atoms with E-state index in [1.807, 2.05) is 0 Å². The summed E-state index contributed by atoms with van der Waals surface area (Å²) < 4.78 is 41.6. The van der Waals surface area contributed by atoms with Gasteiger partial charge in [-0.2, -0.15) is 10.2 Å². The molecule has 0 spiro atoms. The van der Waals surface area contributed by atoms with Gasteiger partial charge in [0.15, 0.2) is 5.82 Å². The second-order valence-corrected chi connectivity index (χ2v) is 7.05. The zero-order valence-electron chi connectivity index (χ0n) is 16.3. The van der Waals surface area contributed by atoms with E-state index in [1.54, 1.807) is 13.0 Å². The highest BCUT2D eigenvalue weighted by Gasteiger charge is 2.31. The number of carbonyl (C=O) groups excluding carboxylic acids is 1. The molecule has 13 heteroatoms. The molecule has 0 aliphatic rings. The van der Waals surface area contributed by atoms with Gasteiger partial charge in [0.05, 0.1) is 11.5 Å². The van der Waals surface area contributed by atoms with Gasteiger partial charge >= 0.3 is 5.69 Å². The maximum atomic E-state index is 13.2. The number of anilines is 1. The van der Waals surface area contributed by atoms with E-state index in [0.29, 0.717) is 11.3 Å². The number of carbonyl (C=O) groups is 1. The highest BCUT2D eigenvalue weighted by atomic mass is 35.5. The predicted octanol–water partition coefficient (Wildman–Crippen LogP) is 4.02. The van der Waals surface area contributed by atoms with Crippen LogP contribution in [0.4, 0.5) is 24.7 Å². The highest BCUT2D eigenvalue weighted by Crippen LogP contribution is 2.30. The number of nitro groups is 1. The molecule has 0 atom stereocenters. The van der Waals surface area contributed by atoms with Gasteiger partial charge < -0.3 is 5.32 Å². The standard InChI is InChI=1S/C18H16ClF3N6O3/c1-9-5-14(24-26(9)7-11-3-4-12(20)6-13(11)19)23-15(29)8-27-10(2)17(28(30)31)16(25-27)18(21)22/h3-6,18H,7-8H2,1-2H3,(H,23,24,29). The Labute approximate surface area is 178 Å². The van der Waals surface area contributed by atoms with Crippen LogP contribution < -0.4 is 5.32 Å². The Morgan fingerprint density at radius 2 is 1.97 bits per heavy atom. The summed E-state index contributed by atoms with van der Waals surface area (Å²) >= 11 is 6.03. The number of nitrogens with zero attached hydrogens (tertiary/aromatic N) is 5. The lowest BCUT2D eigenvalue weighted by Gasteiger charge is -2.07. The topological polar surface area (TPSA) is 108 Å². The van der Waals surface area contributed by atoms with Gasteiger partial charge in [0.25, 0.3) is 6.43 Å². The second kappa shape index (κ2) is 8.76. The first kappa shape index (κ1) is 22.3. The molecule has 1 amide bonds. The summed E-state index contributed by atoms with van der Waals surface area (Å²) in [5, 5.41) is 21.5. The fourth-order valence-corrected chi connectivity index (χ4v) is 3.17. The van der Waals surface area contributed by atoms with Crippen LogP contribution in [-0.2, 0) is 17.9 Å². The Morgan fingerprint density at radius 3 is 2.55 bits per heavy atom. The molecule has 2 heterocycles. The summed E-state index contributed by atoms with van der Waals surface area (Å²) in [5.41, 5.74) is -0.693. The van der Waals surface area contributed by atoms with E-state index in [9.17, 15) is 28.1 Å². The van der Waals surface area contributed by atoms with Gasteiger partial charge in [-0.1, -0.05) is 17.7 Å². The number of alkyl halides is 2. The molecular formula is C18H16ClF3N6O3. The first-order valence-corrected chi connectivity index (χ1v) is 9.22. The number of hydrogen-bond donors (Lipinski definition) is 1. The Balaban J connectivity index is 1.74. The van der Waals surface area contributed by atoms with E-state index in [0.717, 1.165) is 4.68 Å². The summed E-state index contributed by atoms with van der Waals surface area (Å²) in [4.78, 5) is 22.4. The maximum Gasteiger partial charge on any atom is 0.319 e. The molecule has 164 valence electrons. The average Bonchev–Trinajstić information content (AvgIpc) is 3.17. The third-order valence-electron chi connectivity index (χ3n) is 4.47. The van der Waals surface area contributed by atoms with Crippen molar-refractivity contribution < 1.29 is 22.9 Å². The van der Waals surface area contributed by atoms with Gasteiger partial charge in [-0.05, 0) is 31.5 Å². The van der Waals surface area contributed by atoms with Crippen LogP contribution in [0.1, 0.15) is 29.1 Å². The molecule has 0 bridgehead atoms. The highest BCUT2D eigenvalue weighted by molar-refractivity contribution is 6.31. The fraction of sp³-hybridized carbons (Fsp3) is 0.278. The van der Waals surface area contributed by atoms with Crippen LogP contribution in [-0.4, -0.2) is 30.4 Å². The molecule has 0 fully saturated rings. The molecule has 0 aliphatic carbocycles. The molecule has 1 N–H and O–H groups in total. The van der Waals surface area contributed by atoms with E-state index >= 15 is 0 Å². The van der Waals surface area contributed by atoms with Crippen LogP contribution in [0.5, 0.6) is 0 Å². The Morgan fingerprint density at radius 1 is 1.26 bits per heavy atom. The number of nitrogens with one attached hydrogen (secondary N) is 1. The molecule has 31 heavy (non-hydrogen) atoms. The maximum absolute atomic E-state index is 13.2. The molecule has 0 saturated heterocycles. The number of rotatable bonds is 7. The van der Waals surface area contributed by atoms with Gasteiger partial charge in [0.2, 0.25) is 11.6 Å². The van der Waals surface area contributed by atoms with E-state index < -0.39 is 41.0 Å². The van der Waals surface area contributed by atoms with Crippen molar-refractivity contribution in [3.05, 3.63) is 67.9 Å². The monoisotopic (exact) mass is 456 g/mol. The zero-order chi connectivity index (χ0) is 22.9. The third-order valence-corrected chi connectivity index (χ3v) is 4.82. The Kier molecular flexibility index (Phi) is 6.29. The van der Waals surface area contributed by atoms with E-state index in [4.69, 9.17) is 11.6 Å². The lowest BCUT2D eigenvalue weighted by molar-refractivity contribution is -0.386. The van der Waals surface area contributed by atoms with Gasteiger partial charge in [0.1, 0.15) is 18.1 Å².